The second-order valence-electron chi connectivity index (χ2n) is 8.82. The number of methoxy groups -OCH3 is 1. The van der Waals surface area contributed by atoms with Crippen molar-refractivity contribution in [2.24, 2.45) is 0 Å². The first-order valence-corrected chi connectivity index (χ1v) is 11.7. The third kappa shape index (κ3) is 4.04. The molecule has 1 atom stereocenters. The van der Waals surface area contributed by atoms with Gasteiger partial charge in [-0.15, -0.1) is 0 Å². The summed E-state index contributed by atoms with van der Waals surface area (Å²) in [7, 11) is 1.56. The molecule has 1 aliphatic rings. The van der Waals surface area contributed by atoms with E-state index in [2.05, 4.69) is 20.3 Å². The number of aromatic nitrogens is 4. The molecular weight excluding hydrogens is 461 g/mol. The molecule has 4 N–H and O–H groups in total. The Balaban J connectivity index is 1.58. The second-order valence-corrected chi connectivity index (χ2v) is 8.82. The van der Waals surface area contributed by atoms with Gasteiger partial charge in [0.15, 0.2) is 0 Å². The summed E-state index contributed by atoms with van der Waals surface area (Å²) in [6.07, 6.45) is 3.97. The molecule has 0 aliphatic heterocycles. The van der Waals surface area contributed by atoms with Gasteiger partial charge < -0.3 is 15.8 Å². The lowest BCUT2D eigenvalue weighted by Crippen LogP contribution is -2.35. The molecule has 0 amide bonds. The van der Waals surface area contributed by atoms with Gasteiger partial charge in [-0.1, -0.05) is 18.2 Å². The third-order valence-corrected chi connectivity index (χ3v) is 6.57. The number of ether oxygens (including phenoxy) is 1. The van der Waals surface area contributed by atoms with E-state index in [4.69, 9.17) is 15.9 Å². The van der Waals surface area contributed by atoms with Crippen molar-refractivity contribution in [2.75, 3.05) is 18.2 Å². The molecular formula is C26H26FN7O2. The summed E-state index contributed by atoms with van der Waals surface area (Å²) in [5, 5.41) is 12.1. The van der Waals surface area contributed by atoms with E-state index in [-0.39, 0.29) is 23.0 Å². The predicted molar refractivity (Wildman–Crippen MR) is 136 cm³/mol. The van der Waals surface area contributed by atoms with E-state index in [1.807, 2.05) is 6.92 Å². The molecule has 36 heavy (non-hydrogen) atoms. The summed E-state index contributed by atoms with van der Waals surface area (Å²) in [4.78, 5) is 26.5. The third-order valence-electron chi connectivity index (χ3n) is 6.57. The predicted octanol–water partition coefficient (Wildman–Crippen LogP) is 4.23. The number of rotatable bonds is 7. The van der Waals surface area contributed by atoms with Crippen LogP contribution in [0.1, 0.15) is 55.2 Å². The van der Waals surface area contributed by atoms with Crippen molar-refractivity contribution in [3.05, 3.63) is 81.9 Å². The van der Waals surface area contributed by atoms with Crippen molar-refractivity contribution >= 4 is 28.3 Å². The molecule has 1 saturated carbocycles. The monoisotopic (exact) mass is 487 g/mol. The van der Waals surface area contributed by atoms with E-state index in [9.17, 15) is 9.18 Å². The SMILES string of the molecule is COc1cccc(C(=N)c2c(N)ncnc2NC(C)c2nc3cccc(F)c3c(=O)n2C2CCC2)c1. The maximum atomic E-state index is 14.6. The Labute approximate surface area is 206 Å². The number of halogens is 1. The van der Waals surface area contributed by atoms with Gasteiger partial charge in [0.05, 0.1) is 29.9 Å². The highest BCUT2D eigenvalue weighted by molar-refractivity contribution is 6.16. The fourth-order valence-corrected chi connectivity index (χ4v) is 4.47. The Bertz CT molecular complexity index is 1530. The van der Waals surface area contributed by atoms with E-state index in [0.717, 1.165) is 19.3 Å². The number of nitrogens with zero attached hydrogens (tertiary/aromatic N) is 4. The molecule has 1 fully saturated rings. The first kappa shape index (κ1) is 23.4. The second kappa shape index (κ2) is 9.37. The van der Waals surface area contributed by atoms with Crippen LogP contribution in [-0.2, 0) is 0 Å². The minimum Gasteiger partial charge on any atom is -0.497 e. The Kier molecular flexibility index (Phi) is 6.09. The molecule has 184 valence electrons. The Morgan fingerprint density at radius 2 is 2.03 bits per heavy atom. The fraction of sp³-hybridized carbons (Fsp3) is 0.269. The molecule has 4 aromatic rings. The van der Waals surface area contributed by atoms with Gasteiger partial charge >= 0.3 is 0 Å². The molecule has 0 radical (unpaired) electrons. The molecule has 5 rings (SSSR count). The number of nitrogens with one attached hydrogen (secondary N) is 2. The van der Waals surface area contributed by atoms with E-state index in [1.54, 1.807) is 48.1 Å². The molecule has 0 spiro atoms. The van der Waals surface area contributed by atoms with Gasteiger partial charge in [-0.3, -0.25) is 14.8 Å². The van der Waals surface area contributed by atoms with E-state index >= 15 is 0 Å². The number of hydrogen-bond acceptors (Lipinski definition) is 8. The van der Waals surface area contributed by atoms with Gasteiger partial charge in [0, 0.05) is 11.6 Å². The summed E-state index contributed by atoms with van der Waals surface area (Å²) in [6, 6.07) is 11.0. The van der Waals surface area contributed by atoms with Crippen LogP contribution in [0.4, 0.5) is 16.0 Å². The Morgan fingerprint density at radius 1 is 1.25 bits per heavy atom. The van der Waals surface area contributed by atoms with Gasteiger partial charge in [-0.2, -0.15) is 0 Å². The van der Waals surface area contributed by atoms with Crippen molar-refractivity contribution in [1.82, 2.24) is 19.5 Å². The van der Waals surface area contributed by atoms with E-state index in [0.29, 0.717) is 34.0 Å². The van der Waals surface area contributed by atoms with Crippen LogP contribution in [0.25, 0.3) is 10.9 Å². The Hall–Kier alpha value is -4.34. The molecule has 1 unspecified atom stereocenters. The Morgan fingerprint density at radius 3 is 2.75 bits per heavy atom. The molecule has 1 aliphatic carbocycles. The minimum absolute atomic E-state index is 0.00729. The average Bonchev–Trinajstić information content (AvgIpc) is 2.84. The minimum atomic E-state index is -0.581. The fourth-order valence-electron chi connectivity index (χ4n) is 4.47. The number of fused-ring (bicyclic) bond motifs is 1. The van der Waals surface area contributed by atoms with Crippen molar-refractivity contribution < 1.29 is 9.13 Å². The van der Waals surface area contributed by atoms with Crippen LogP contribution in [0.3, 0.4) is 0 Å². The first-order valence-electron chi connectivity index (χ1n) is 11.7. The van der Waals surface area contributed by atoms with Crippen molar-refractivity contribution in [3.63, 3.8) is 0 Å². The number of benzene rings is 2. The molecule has 9 nitrogen and oxygen atoms in total. The van der Waals surface area contributed by atoms with Crippen LogP contribution in [0.2, 0.25) is 0 Å². The normalized spacial score (nSPS) is 14.3. The molecule has 0 bridgehead atoms. The smallest absolute Gasteiger partial charge is 0.264 e. The van der Waals surface area contributed by atoms with Crippen LogP contribution in [0, 0.1) is 11.2 Å². The topological polar surface area (TPSA) is 132 Å². The quantitative estimate of drug-likeness (QED) is 0.332. The molecule has 10 heteroatoms. The highest BCUT2D eigenvalue weighted by atomic mass is 19.1. The van der Waals surface area contributed by atoms with Gasteiger partial charge in [0.2, 0.25) is 0 Å². The molecule has 2 aromatic heterocycles. The highest BCUT2D eigenvalue weighted by Gasteiger charge is 2.28. The zero-order chi connectivity index (χ0) is 25.4. The number of anilines is 2. The summed E-state index contributed by atoms with van der Waals surface area (Å²) in [5.41, 5.74) is 7.12. The lowest BCUT2D eigenvalue weighted by atomic mass is 9.92. The number of hydrogen-bond donors (Lipinski definition) is 3. The van der Waals surface area contributed by atoms with Gasteiger partial charge in [0.25, 0.3) is 5.56 Å². The maximum absolute atomic E-state index is 14.6. The van der Waals surface area contributed by atoms with E-state index in [1.165, 1.54) is 12.4 Å². The van der Waals surface area contributed by atoms with Crippen LogP contribution >= 0.6 is 0 Å². The largest absolute Gasteiger partial charge is 0.497 e. The standard InChI is InChI=1S/C26H26FN7O2/c1-14(25-33-19-11-5-10-18(27)20(19)26(35)34(25)16-7-4-8-16)32-24-21(23(29)30-13-31-24)22(28)15-6-3-9-17(12-15)36-2/h3,5-6,9-14,16,28H,4,7-8H2,1-2H3,(H3,29,30,31,32). The lowest BCUT2D eigenvalue weighted by Gasteiger charge is -2.31. The zero-order valence-electron chi connectivity index (χ0n) is 20.0. The van der Waals surface area contributed by atoms with Crippen molar-refractivity contribution in [3.8, 4) is 5.75 Å². The van der Waals surface area contributed by atoms with Crippen LogP contribution in [0.5, 0.6) is 5.75 Å². The number of nitrogen functional groups attached to an aromatic ring is 1. The summed E-state index contributed by atoms with van der Waals surface area (Å²) in [5.74, 6) is 0.961. The molecule has 2 aromatic carbocycles. The highest BCUT2D eigenvalue weighted by Crippen LogP contribution is 2.34. The number of nitrogens with two attached hydrogens (primary N) is 1. The summed E-state index contributed by atoms with van der Waals surface area (Å²) < 4.78 is 21.5. The van der Waals surface area contributed by atoms with Gasteiger partial charge in [-0.25, -0.2) is 19.3 Å². The maximum Gasteiger partial charge on any atom is 0.264 e. The van der Waals surface area contributed by atoms with Crippen LogP contribution in [0.15, 0.2) is 53.6 Å². The molecule has 2 heterocycles. The average molecular weight is 488 g/mol. The zero-order valence-corrected chi connectivity index (χ0v) is 20.0. The lowest BCUT2D eigenvalue weighted by molar-refractivity contribution is 0.294. The summed E-state index contributed by atoms with van der Waals surface area (Å²) in [6.45, 7) is 1.85. The van der Waals surface area contributed by atoms with Crippen molar-refractivity contribution in [2.45, 2.75) is 38.3 Å². The van der Waals surface area contributed by atoms with Crippen LogP contribution in [-0.4, -0.2) is 32.3 Å². The summed E-state index contributed by atoms with van der Waals surface area (Å²) >= 11 is 0. The molecule has 0 saturated heterocycles. The van der Waals surface area contributed by atoms with Crippen LogP contribution < -0.4 is 21.3 Å². The van der Waals surface area contributed by atoms with Crippen molar-refractivity contribution in [1.29, 1.82) is 5.41 Å². The van der Waals surface area contributed by atoms with Gasteiger partial charge in [-0.05, 0) is 50.5 Å². The van der Waals surface area contributed by atoms with E-state index < -0.39 is 17.4 Å². The van der Waals surface area contributed by atoms with Gasteiger partial charge in [0.1, 0.15) is 40.7 Å². The first-order chi connectivity index (χ1) is 17.4.